The van der Waals surface area contributed by atoms with Crippen molar-refractivity contribution in [1.29, 1.82) is 0 Å². The van der Waals surface area contributed by atoms with E-state index in [1.807, 2.05) is 48.5 Å². The first kappa shape index (κ1) is 20.1. The number of para-hydroxylation sites is 1. The fourth-order valence-corrected chi connectivity index (χ4v) is 3.46. The van der Waals surface area contributed by atoms with Gasteiger partial charge in [-0.05, 0) is 42.8 Å². The molecule has 0 unspecified atom stereocenters. The van der Waals surface area contributed by atoms with Crippen LogP contribution in [0.1, 0.15) is 27.8 Å². The van der Waals surface area contributed by atoms with E-state index in [0.29, 0.717) is 5.56 Å². The van der Waals surface area contributed by atoms with Crippen molar-refractivity contribution in [2.24, 2.45) is 0 Å². The highest BCUT2D eigenvalue weighted by Crippen LogP contribution is 2.28. The van der Waals surface area contributed by atoms with Crippen molar-refractivity contribution >= 4 is 28.9 Å². The normalized spacial score (nSPS) is 10.6. The number of esters is 1. The number of Topliss-reactive ketones (excluding diaryl/α,β-unsaturated/α-hetero) is 1. The van der Waals surface area contributed by atoms with Crippen LogP contribution in [-0.4, -0.2) is 28.7 Å². The van der Waals surface area contributed by atoms with E-state index in [2.05, 4.69) is 5.32 Å². The molecule has 0 bridgehead atoms. The van der Waals surface area contributed by atoms with Gasteiger partial charge in [0.25, 0.3) is 11.7 Å². The van der Waals surface area contributed by atoms with Crippen LogP contribution >= 0.6 is 0 Å². The SMILES string of the molecule is CCOC(=O)c1ccccc1NC(=O)C(=O)c1c(-c2ccccc2)cc2ccccn12. The zero-order valence-corrected chi connectivity index (χ0v) is 16.9. The van der Waals surface area contributed by atoms with Crippen LogP contribution in [-0.2, 0) is 9.53 Å². The van der Waals surface area contributed by atoms with E-state index in [1.165, 1.54) is 0 Å². The molecule has 2 aromatic heterocycles. The van der Waals surface area contributed by atoms with E-state index in [-0.39, 0.29) is 23.6 Å². The van der Waals surface area contributed by atoms with Gasteiger partial charge in [0, 0.05) is 17.3 Å². The largest absolute Gasteiger partial charge is 0.462 e. The number of aromatic nitrogens is 1. The number of ketones is 1. The van der Waals surface area contributed by atoms with Gasteiger partial charge in [0.2, 0.25) is 0 Å². The third kappa shape index (κ3) is 3.96. The van der Waals surface area contributed by atoms with Crippen LogP contribution in [0.3, 0.4) is 0 Å². The molecule has 1 amide bonds. The molecule has 0 spiro atoms. The maximum absolute atomic E-state index is 13.3. The molecular weight excluding hydrogens is 392 g/mol. The molecule has 0 atom stereocenters. The second-order valence-electron chi connectivity index (χ2n) is 6.82. The molecule has 0 saturated carbocycles. The number of nitrogens with one attached hydrogen (secondary N) is 1. The van der Waals surface area contributed by atoms with Gasteiger partial charge in [-0.25, -0.2) is 4.79 Å². The lowest BCUT2D eigenvalue weighted by Gasteiger charge is -2.11. The Morgan fingerprint density at radius 2 is 1.61 bits per heavy atom. The average Bonchev–Trinajstić information content (AvgIpc) is 3.19. The number of hydrogen-bond donors (Lipinski definition) is 1. The van der Waals surface area contributed by atoms with E-state index in [0.717, 1.165) is 11.1 Å². The van der Waals surface area contributed by atoms with Crippen molar-refractivity contribution in [3.8, 4) is 11.1 Å². The Balaban J connectivity index is 1.73. The Labute approximate surface area is 179 Å². The summed E-state index contributed by atoms with van der Waals surface area (Å²) in [6, 6.07) is 23.3. The van der Waals surface area contributed by atoms with Crippen molar-refractivity contribution in [1.82, 2.24) is 4.40 Å². The maximum Gasteiger partial charge on any atom is 0.340 e. The first-order valence-electron chi connectivity index (χ1n) is 9.87. The second-order valence-corrected chi connectivity index (χ2v) is 6.82. The van der Waals surface area contributed by atoms with Gasteiger partial charge in [0.15, 0.2) is 0 Å². The second kappa shape index (κ2) is 8.67. The number of carbonyl (C=O) groups excluding carboxylic acids is 3. The minimum Gasteiger partial charge on any atom is -0.462 e. The highest BCUT2D eigenvalue weighted by atomic mass is 16.5. The Bertz CT molecular complexity index is 1280. The van der Waals surface area contributed by atoms with Crippen molar-refractivity contribution < 1.29 is 19.1 Å². The lowest BCUT2D eigenvalue weighted by Crippen LogP contribution is -2.25. The summed E-state index contributed by atoms with van der Waals surface area (Å²) < 4.78 is 6.73. The number of benzene rings is 2. The fraction of sp³-hybridized carbons (Fsp3) is 0.0800. The number of ether oxygens (including phenoxy) is 1. The summed E-state index contributed by atoms with van der Waals surface area (Å²) in [7, 11) is 0. The summed E-state index contributed by atoms with van der Waals surface area (Å²) in [6.07, 6.45) is 1.74. The molecule has 31 heavy (non-hydrogen) atoms. The zero-order chi connectivity index (χ0) is 21.8. The average molecular weight is 412 g/mol. The molecule has 6 heteroatoms. The van der Waals surface area contributed by atoms with E-state index in [9.17, 15) is 14.4 Å². The van der Waals surface area contributed by atoms with E-state index in [1.54, 1.807) is 47.9 Å². The molecule has 4 rings (SSSR count). The van der Waals surface area contributed by atoms with Crippen LogP contribution < -0.4 is 5.32 Å². The number of pyridine rings is 1. The van der Waals surface area contributed by atoms with Gasteiger partial charge in [0.1, 0.15) is 5.69 Å². The molecule has 2 aromatic carbocycles. The van der Waals surface area contributed by atoms with Gasteiger partial charge < -0.3 is 14.5 Å². The van der Waals surface area contributed by atoms with Gasteiger partial charge >= 0.3 is 5.97 Å². The summed E-state index contributed by atoms with van der Waals surface area (Å²) in [5.74, 6) is -2.11. The van der Waals surface area contributed by atoms with E-state index >= 15 is 0 Å². The van der Waals surface area contributed by atoms with Crippen molar-refractivity contribution in [2.45, 2.75) is 6.92 Å². The number of nitrogens with zero attached hydrogens (tertiary/aromatic N) is 1. The van der Waals surface area contributed by atoms with Crippen molar-refractivity contribution in [2.75, 3.05) is 11.9 Å². The standard InChI is InChI=1S/C25H20N2O4/c1-2-31-25(30)19-13-6-7-14-21(19)26-24(29)23(28)22-20(17-10-4-3-5-11-17)16-18-12-8-9-15-27(18)22/h3-16H,2H2,1H3,(H,26,29). The first-order chi connectivity index (χ1) is 15.1. The summed E-state index contributed by atoms with van der Waals surface area (Å²) in [6.45, 7) is 1.90. The Morgan fingerprint density at radius 1 is 0.903 bits per heavy atom. The molecule has 1 N–H and O–H groups in total. The minimum absolute atomic E-state index is 0.189. The Morgan fingerprint density at radius 3 is 2.39 bits per heavy atom. The number of hydrogen-bond acceptors (Lipinski definition) is 4. The smallest absolute Gasteiger partial charge is 0.340 e. The summed E-state index contributed by atoms with van der Waals surface area (Å²) >= 11 is 0. The van der Waals surface area contributed by atoms with Crippen LogP contribution in [0, 0.1) is 0 Å². The third-order valence-corrected chi connectivity index (χ3v) is 4.86. The number of carbonyl (C=O) groups is 3. The summed E-state index contributed by atoms with van der Waals surface area (Å²) in [5.41, 5.74) is 2.95. The van der Waals surface area contributed by atoms with Gasteiger partial charge in [-0.2, -0.15) is 0 Å². The molecular formula is C25H20N2O4. The fourth-order valence-electron chi connectivity index (χ4n) is 3.46. The molecule has 0 aliphatic heterocycles. The molecule has 0 aliphatic carbocycles. The van der Waals surface area contributed by atoms with E-state index < -0.39 is 17.7 Å². The number of amides is 1. The lowest BCUT2D eigenvalue weighted by atomic mass is 10.0. The number of fused-ring (bicyclic) bond motifs is 1. The number of rotatable bonds is 6. The number of anilines is 1. The van der Waals surface area contributed by atoms with Crippen LogP contribution in [0.25, 0.3) is 16.6 Å². The predicted molar refractivity (Wildman–Crippen MR) is 118 cm³/mol. The van der Waals surface area contributed by atoms with Gasteiger partial charge in [-0.1, -0.05) is 48.5 Å². The van der Waals surface area contributed by atoms with Gasteiger partial charge in [-0.15, -0.1) is 0 Å². The summed E-state index contributed by atoms with van der Waals surface area (Å²) in [5, 5.41) is 2.58. The highest BCUT2D eigenvalue weighted by molar-refractivity contribution is 6.47. The van der Waals surface area contributed by atoms with Crippen LogP contribution in [0.4, 0.5) is 5.69 Å². The Kier molecular flexibility index (Phi) is 5.62. The predicted octanol–water partition coefficient (Wildman–Crippen LogP) is 4.60. The summed E-state index contributed by atoms with van der Waals surface area (Å²) in [4.78, 5) is 38.4. The third-order valence-electron chi connectivity index (χ3n) is 4.86. The van der Waals surface area contributed by atoms with Crippen LogP contribution in [0.15, 0.2) is 85.1 Å². The molecule has 4 aromatic rings. The Hall–Kier alpha value is -4.19. The molecule has 154 valence electrons. The monoisotopic (exact) mass is 412 g/mol. The molecule has 2 heterocycles. The molecule has 0 aliphatic rings. The van der Waals surface area contributed by atoms with Gasteiger partial charge in [0.05, 0.1) is 17.9 Å². The van der Waals surface area contributed by atoms with Crippen LogP contribution in [0.5, 0.6) is 0 Å². The van der Waals surface area contributed by atoms with E-state index in [4.69, 9.17) is 4.74 Å². The lowest BCUT2D eigenvalue weighted by molar-refractivity contribution is -0.112. The topological polar surface area (TPSA) is 76.9 Å². The quantitative estimate of drug-likeness (QED) is 0.285. The molecule has 0 saturated heterocycles. The van der Waals surface area contributed by atoms with Crippen molar-refractivity contribution in [3.63, 3.8) is 0 Å². The minimum atomic E-state index is -0.835. The molecule has 0 fully saturated rings. The first-order valence-corrected chi connectivity index (χ1v) is 9.87. The van der Waals surface area contributed by atoms with Crippen LogP contribution in [0.2, 0.25) is 0 Å². The molecule has 6 nitrogen and oxygen atoms in total. The van der Waals surface area contributed by atoms with Gasteiger partial charge in [-0.3, -0.25) is 9.59 Å². The molecule has 0 radical (unpaired) electrons. The highest BCUT2D eigenvalue weighted by Gasteiger charge is 2.26. The maximum atomic E-state index is 13.3. The van der Waals surface area contributed by atoms with Crippen molar-refractivity contribution in [3.05, 3.63) is 96.3 Å². The zero-order valence-electron chi connectivity index (χ0n) is 16.9.